The first-order valence-electron chi connectivity index (χ1n) is 6.71. The van der Waals surface area contributed by atoms with Crippen LogP contribution in [-0.2, 0) is 17.6 Å². The fourth-order valence-electron chi connectivity index (χ4n) is 2.36. The second kappa shape index (κ2) is 7.02. The van der Waals surface area contributed by atoms with E-state index >= 15 is 0 Å². The van der Waals surface area contributed by atoms with Gasteiger partial charge in [0, 0.05) is 24.0 Å². The third-order valence-electron chi connectivity index (χ3n) is 3.36. The number of hydrogen-bond acceptors (Lipinski definition) is 3. The molecule has 5 heteroatoms. The van der Waals surface area contributed by atoms with Crippen LogP contribution in [0.4, 0.5) is 8.78 Å². The fourth-order valence-corrected chi connectivity index (χ4v) is 2.36. The van der Waals surface area contributed by atoms with Gasteiger partial charge in [-0.1, -0.05) is 12.1 Å². The fraction of sp³-hybridized carbons (Fsp3) is 0.235. The van der Waals surface area contributed by atoms with E-state index in [1.54, 1.807) is 12.1 Å². The summed E-state index contributed by atoms with van der Waals surface area (Å²) in [5, 5.41) is 0. The Morgan fingerprint density at radius 2 is 1.77 bits per heavy atom. The molecule has 116 valence electrons. The van der Waals surface area contributed by atoms with E-state index in [1.807, 2.05) is 0 Å². The van der Waals surface area contributed by atoms with Crippen molar-refractivity contribution in [3.63, 3.8) is 0 Å². The molecule has 0 atom stereocenters. The highest BCUT2D eigenvalue weighted by Gasteiger charge is 2.15. The molecule has 0 bridgehead atoms. The summed E-state index contributed by atoms with van der Waals surface area (Å²) < 4.78 is 38.0. The summed E-state index contributed by atoms with van der Waals surface area (Å²) in [5.74, 6) is -0.334. The smallest absolute Gasteiger partial charge is 0.164 e. The predicted octanol–water partition coefficient (Wildman–Crippen LogP) is 3.31. The van der Waals surface area contributed by atoms with E-state index in [2.05, 4.69) is 0 Å². The van der Waals surface area contributed by atoms with Crippen molar-refractivity contribution in [1.82, 2.24) is 0 Å². The molecule has 2 rings (SSSR count). The van der Waals surface area contributed by atoms with Gasteiger partial charge in [-0.2, -0.15) is 0 Å². The molecule has 0 heterocycles. The van der Waals surface area contributed by atoms with Crippen LogP contribution in [-0.4, -0.2) is 20.5 Å². The first-order chi connectivity index (χ1) is 10.6. The Hall–Kier alpha value is -2.43. The molecule has 0 amide bonds. The molecule has 22 heavy (non-hydrogen) atoms. The maximum atomic E-state index is 13.8. The number of carbonyl (C=O) groups excluding carboxylic acids is 1. The van der Waals surface area contributed by atoms with Gasteiger partial charge in [0.25, 0.3) is 0 Å². The molecule has 0 N–H and O–H groups in total. The maximum absolute atomic E-state index is 13.8. The Balaban J connectivity index is 2.47. The van der Waals surface area contributed by atoms with Gasteiger partial charge in [0.15, 0.2) is 11.5 Å². The van der Waals surface area contributed by atoms with Crippen LogP contribution >= 0.6 is 0 Å². The molecule has 2 aromatic rings. The molecular weight excluding hydrogens is 290 g/mol. The zero-order valence-corrected chi connectivity index (χ0v) is 12.4. The number of hydrogen-bond donors (Lipinski definition) is 0. The summed E-state index contributed by atoms with van der Waals surface area (Å²) in [7, 11) is 2.94. The maximum Gasteiger partial charge on any atom is 0.164 e. The van der Waals surface area contributed by atoms with Crippen LogP contribution in [0.15, 0.2) is 30.3 Å². The molecule has 0 fully saturated rings. The van der Waals surface area contributed by atoms with Crippen LogP contribution in [0.1, 0.15) is 16.7 Å². The molecule has 0 aliphatic carbocycles. The highest BCUT2D eigenvalue weighted by atomic mass is 19.1. The zero-order chi connectivity index (χ0) is 16.1. The second-order valence-electron chi connectivity index (χ2n) is 4.74. The van der Waals surface area contributed by atoms with E-state index in [-0.39, 0.29) is 18.4 Å². The van der Waals surface area contributed by atoms with Crippen LogP contribution in [0.3, 0.4) is 0 Å². The van der Waals surface area contributed by atoms with Crippen LogP contribution in [0, 0.1) is 11.6 Å². The minimum Gasteiger partial charge on any atom is -0.493 e. The van der Waals surface area contributed by atoms with Crippen molar-refractivity contribution in [3.05, 3.63) is 58.7 Å². The molecule has 3 nitrogen and oxygen atoms in total. The van der Waals surface area contributed by atoms with Crippen LogP contribution in [0.25, 0.3) is 0 Å². The molecule has 0 spiro atoms. The van der Waals surface area contributed by atoms with Crippen LogP contribution in [0.5, 0.6) is 11.5 Å². The molecule has 0 saturated carbocycles. The molecule has 0 aliphatic rings. The Morgan fingerprint density at radius 3 is 2.32 bits per heavy atom. The van der Waals surface area contributed by atoms with E-state index in [1.165, 1.54) is 32.4 Å². The van der Waals surface area contributed by atoms with Crippen LogP contribution < -0.4 is 9.47 Å². The van der Waals surface area contributed by atoms with E-state index in [0.29, 0.717) is 22.6 Å². The lowest BCUT2D eigenvalue weighted by Crippen LogP contribution is -2.02. The average Bonchev–Trinajstić information content (AvgIpc) is 2.51. The first-order valence-corrected chi connectivity index (χ1v) is 6.71. The van der Waals surface area contributed by atoms with Gasteiger partial charge in [-0.15, -0.1) is 0 Å². The molecule has 2 aromatic carbocycles. The standard InChI is InChI=1S/C17H16F2O3/c1-21-16-10-11(8-12(6-7-20)17(16)22-2)9-13-14(18)4-3-5-15(13)19/h3-5,7-8,10H,6,9H2,1-2H3. The topological polar surface area (TPSA) is 35.5 Å². The summed E-state index contributed by atoms with van der Waals surface area (Å²) in [6.07, 6.45) is 0.933. The lowest BCUT2D eigenvalue weighted by Gasteiger charge is -2.14. The lowest BCUT2D eigenvalue weighted by atomic mass is 9.99. The number of carbonyl (C=O) groups is 1. The third kappa shape index (κ3) is 3.24. The second-order valence-corrected chi connectivity index (χ2v) is 4.74. The molecule has 0 aromatic heterocycles. The van der Waals surface area contributed by atoms with Gasteiger partial charge in [-0.05, 0) is 23.8 Å². The predicted molar refractivity (Wildman–Crippen MR) is 78.5 cm³/mol. The van der Waals surface area contributed by atoms with Crippen molar-refractivity contribution >= 4 is 6.29 Å². The molecule has 0 aliphatic heterocycles. The number of rotatable bonds is 6. The van der Waals surface area contributed by atoms with Gasteiger partial charge in [-0.25, -0.2) is 8.78 Å². The SMILES string of the molecule is COc1cc(Cc2c(F)cccc2F)cc(CC=O)c1OC. The molecular formula is C17H16F2O3. The third-order valence-corrected chi connectivity index (χ3v) is 3.36. The lowest BCUT2D eigenvalue weighted by molar-refractivity contribution is -0.107. The van der Waals surface area contributed by atoms with E-state index in [0.717, 1.165) is 6.29 Å². The van der Waals surface area contributed by atoms with Gasteiger partial charge in [0.05, 0.1) is 14.2 Å². The number of halogens is 2. The number of benzene rings is 2. The normalized spacial score (nSPS) is 10.4. The summed E-state index contributed by atoms with van der Waals surface area (Å²) in [5.41, 5.74) is 1.23. The summed E-state index contributed by atoms with van der Waals surface area (Å²) >= 11 is 0. The minimum absolute atomic E-state index is 0.0215. The van der Waals surface area contributed by atoms with Crippen molar-refractivity contribution in [2.45, 2.75) is 12.8 Å². The molecule has 0 saturated heterocycles. The number of aldehydes is 1. The highest BCUT2D eigenvalue weighted by Crippen LogP contribution is 2.33. The Labute approximate surface area is 127 Å². The van der Waals surface area contributed by atoms with Gasteiger partial charge in [0.1, 0.15) is 17.9 Å². The minimum atomic E-state index is -0.605. The van der Waals surface area contributed by atoms with Gasteiger partial charge in [-0.3, -0.25) is 0 Å². The monoisotopic (exact) mass is 306 g/mol. The number of ether oxygens (including phenoxy) is 2. The molecule has 0 radical (unpaired) electrons. The van der Waals surface area contributed by atoms with Crippen molar-refractivity contribution in [1.29, 1.82) is 0 Å². The van der Waals surface area contributed by atoms with Crippen LogP contribution in [0.2, 0.25) is 0 Å². The van der Waals surface area contributed by atoms with E-state index in [4.69, 9.17) is 9.47 Å². The van der Waals surface area contributed by atoms with Crippen molar-refractivity contribution in [3.8, 4) is 11.5 Å². The Kier molecular flexibility index (Phi) is 5.09. The van der Waals surface area contributed by atoms with E-state index < -0.39 is 11.6 Å². The Bertz CT molecular complexity index is 664. The van der Waals surface area contributed by atoms with E-state index in [9.17, 15) is 13.6 Å². The summed E-state index contributed by atoms with van der Waals surface area (Å²) in [6, 6.07) is 7.10. The van der Waals surface area contributed by atoms with Crippen molar-refractivity contribution < 1.29 is 23.0 Å². The van der Waals surface area contributed by atoms with Gasteiger partial charge >= 0.3 is 0 Å². The van der Waals surface area contributed by atoms with Gasteiger partial charge < -0.3 is 14.3 Å². The average molecular weight is 306 g/mol. The zero-order valence-electron chi connectivity index (χ0n) is 12.4. The largest absolute Gasteiger partial charge is 0.493 e. The van der Waals surface area contributed by atoms with Crippen molar-refractivity contribution in [2.75, 3.05) is 14.2 Å². The Morgan fingerprint density at radius 1 is 1.09 bits per heavy atom. The first kappa shape index (κ1) is 15.9. The van der Waals surface area contributed by atoms with Gasteiger partial charge in [0.2, 0.25) is 0 Å². The summed E-state index contributed by atoms with van der Waals surface area (Å²) in [4.78, 5) is 10.8. The van der Waals surface area contributed by atoms with Crippen molar-refractivity contribution in [2.24, 2.45) is 0 Å². The quantitative estimate of drug-likeness (QED) is 0.768. The molecule has 0 unspecified atom stereocenters. The summed E-state index contributed by atoms with van der Waals surface area (Å²) in [6.45, 7) is 0. The highest BCUT2D eigenvalue weighted by molar-refractivity contribution is 5.61. The number of methoxy groups -OCH3 is 2.